The van der Waals surface area contributed by atoms with Crippen molar-refractivity contribution in [3.63, 3.8) is 0 Å². The van der Waals surface area contributed by atoms with E-state index in [1.54, 1.807) is 12.1 Å². The van der Waals surface area contributed by atoms with Gasteiger partial charge in [0.2, 0.25) is 5.91 Å². The van der Waals surface area contributed by atoms with Crippen LogP contribution in [0.15, 0.2) is 54.6 Å². The topological polar surface area (TPSA) is 125 Å². The first-order chi connectivity index (χ1) is 13.7. The number of hydrogen-bond acceptors (Lipinski definition) is 5. The maximum Gasteiger partial charge on any atom is 0.410 e. The lowest BCUT2D eigenvalue weighted by Crippen LogP contribution is -2.49. The Morgan fingerprint density at radius 1 is 1.07 bits per heavy atom. The van der Waals surface area contributed by atoms with E-state index in [9.17, 15) is 18.0 Å². The minimum absolute atomic E-state index is 0.168. The summed E-state index contributed by atoms with van der Waals surface area (Å²) in [7, 11) is -1.65. The molecule has 0 saturated carbocycles. The molecular formula is C19H23N3O6S. The van der Waals surface area contributed by atoms with Gasteiger partial charge in [-0.1, -0.05) is 42.5 Å². The van der Waals surface area contributed by atoms with Crippen LogP contribution in [0, 0.1) is 0 Å². The summed E-state index contributed by atoms with van der Waals surface area (Å²) >= 11 is 0. The summed E-state index contributed by atoms with van der Waals surface area (Å²) < 4.78 is 37.5. The first kappa shape index (κ1) is 22.2. The van der Waals surface area contributed by atoms with Gasteiger partial charge in [-0.05, 0) is 23.3 Å². The predicted octanol–water partition coefficient (Wildman–Crippen LogP) is 1.83. The monoisotopic (exact) mass is 421 g/mol. The van der Waals surface area contributed by atoms with Crippen molar-refractivity contribution in [2.45, 2.75) is 19.0 Å². The van der Waals surface area contributed by atoms with Crippen LogP contribution in [0.5, 0.6) is 0 Å². The summed E-state index contributed by atoms with van der Waals surface area (Å²) in [5.41, 5.74) is 1.68. The van der Waals surface area contributed by atoms with Crippen molar-refractivity contribution >= 4 is 28.0 Å². The lowest BCUT2D eigenvalue weighted by Gasteiger charge is -2.29. The third kappa shape index (κ3) is 6.77. The summed E-state index contributed by atoms with van der Waals surface area (Å²) in [5.74, 6) is -0.369. The highest BCUT2D eigenvalue weighted by Gasteiger charge is 2.30. The Labute approximate surface area is 169 Å². The Morgan fingerprint density at radius 2 is 1.69 bits per heavy atom. The zero-order chi connectivity index (χ0) is 21.4. The van der Waals surface area contributed by atoms with Crippen LogP contribution in [0.3, 0.4) is 0 Å². The maximum atomic E-state index is 12.5. The van der Waals surface area contributed by atoms with Crippen LogP contribution >= 0.6 is 0 Å². The van der Waals surface area contributed by atoms with Crippen molar-refractivity contribution in [1.29, 1.82) is 0 Å². The van der Waals surface area contributed by atoms with Crippen LogP contribution in [-0.2, 0) is 32.8 Å². The van der Waals surface area contributed by atoms with Crippen LogP contribution in [0.2, 0.25) is 0 Å². The third-order valence-corrected chi connectivity index (χ3v) is 4.65. The predicted molar refractivity (Wildman–Crippen MR) is 108 cm³/mol. The average molecular weight is 421 g/mol. The number of carbonyl (C=O) groups excluding carboxylic acids is 2. The number of nitrogens with one attached hydrogen (secondary N) is 2. The summed E-state index contributed by atoms with van der Waals surface area (Å²) in [4.78, 5) is 26.3. The van der Waals surface area contributed by atoms with E-state index in [2.05, 4.69) is 5.32 Å². The lowest BCUT2D eigenvalue weighted by molar-refractivity contribution is -0.125. The smallest absolute Gasteiger partial charge is 0.410 e. The van der Waals surface area contributed by atoms with E-state index in [-0.39, 0.29) is 24.6 Å². The number of hydrogen-bond donors (Lipinski definition) is 3. The van der Waals surface area contributed by atoms with Crippen LogP contribution in [0.1, 0.15) is 11.1 Å². The molecule has 0 saturated heterocycles. The van der Waals surface area contributed by atoms with Crippen LogP contribution in [0.4, 0.5) is 10.5 Å². The van der Waals surface area contributed by atoms with Gasteiger partial charge < -0.3 is 10.1 Å². The molecule has 29 heavy (non-hydrogen) atoms. The number of methoxy groups -OCH3 is 1. The first-order valence-corrected chi connectivity index (χ1v) is 10.1. The number of likely N-dealkylation sites (N-methyl/N-ethyl adjacent to an activating group) is 1. The van der Waals surface area contributed by atoms with Crippen molar-refractivity contribution < 1.29 is 27.3 Å². The molecule has 2 aromatic carbocycles. The second-order valence-corrected chi connectivity index (χ2v) is 7.35. The number of nitrogens with zero attached hydrogens (tertiary/aromatic N) is 1. The van der Waals surface area contributed by atoms with Gasteiger partial charge in [0.25, 0.3) is 0 Å². The van der Waals surface area contributed by atoms with Gasteiger partial charge in [-0.25, -0.2) is 4.79 Å². The Hall–Kier alpha value is -3.11. The third-order valence-electron chi connectivity index (χ3n) is 4.16. The fraction of sp³-hybridized carbons (Fsp3) is 0.263. The van der Waals surface area contributed by atoms with Crippen LogP contribution in [0.25, 0.3) is 0 Å². The first-order valence-electron chi connectivity index (χ1n) is 8.67. The molecule has 9 nitrogen and oxygen atoms in total. The minimum atomic E-state index is -4.38. The molecule has 3 N–H and O–H groups in total. The van der Waals surface area contributed by atoms with Crippen LogP contribution in [-0.4, -0.2) is 50.1 Å². The van der Waals surface area contributed by atoms with Crippen molar-refractivity contribution in [2.24, 2.45) is 0 Å². The number of benzene rings is 2. The van der Waals surface area contributed by atoms with E-state index in [4.69, 9.17) is 9.29 Å². The van der Waals surface area contributed by atoms with Gasteiger partial charge in [0.15, 0.2) is 0 Å². The summed E-state index contributed by atoms with van der Waals surface area (Å²) in [5, 5.41) is 2.56. The fourth-order valence-electron chi connectivity index (χ4n) is 2.79. The molecule has 2 amide bonds. The van der Waals surface area contributed by atoms with Crippen molar-refractivity contribution in [1.82, 2.24) is 10.2 Å². The van der Waals surface area contributed by atoms with Crippen molar-refractivity contribution in [3.8, 4) is 0 Å². The molecule has 0 bridgehead atoms. The molecule has 0 aromatic heterocycles. The second-order valence-electron chi connectivity index (χ2n) is 6.19. The molecular weight excluding hydrogens is 398 g/mol. The van der Waals surface area contributed by atoms with Gasteiger partial charge in [0, 0.05) is 20.0 Å². The van der Waals surface area contributed by atoms with Gasteiger partial charge in [-0.15, -0.1) is 0 Å². The molecule has 2 aromatic rings. The van der Waals surface area contributed by atoms with Gasteiger partial charge in [-0.2, -0.15) is 8.42 Å². The summed E-state index contributed by atoms with van der Waals surface area (Å²) in [6, 6.07) is 14.4. The standard InChI is InChI=1S/C19H23N3O6S/c1-20-18(23)17(12-14-8-10-16(11-9-14)21-29(25,26)27)22(19(24)28-2)13-15-6-4-3-5-7-15/h3-11,17,21H,12-13H2,1-2H3,(H,20,23)(H,25,26,27)/t17-/m0/s1. The second kappa shape index (κ2) is 9.89. The van der Waals surface area contributed by atoms with Crippen molar-refractivity contribution in [3.05, 3.63) is 65.7 Å². The molecule has 2 rings (SSSR count). The molecule has 0 spiro atoms. The molecule has 1 atom stereocenters. The Kier molecular flexibility index (Phi) is 7.57. The minimum Gasteiger partial charge on any atom is -0.453 e. The maximum absolute atomic E-state index is 12.5. The highest BCUT2D eigenvalue weighted by atomic mass is 32.2. The zero-order valence-corrected chi connectivity index (χ0v) is 16.8. The molecule has 0 aliphatic heterocycles. The number of ether oxygens (including phenoxy) is 1. The number of carbonyl (C=O) groups is 2. The molecule has 0 radical (unpaired) electrons. The van der Waals surface area contributed by atoms with E-state index in [0.717, 1.165) is 5.56 Å². The fourth-order valence-corrected chi connectivity index (χ4v) is 3.23. The van der Waals surface area contributed by atoms with Gasteiger partial charge in [0.05, 0.1) is 12.8 Å². The van der Waals surface area contributed by atoms with E-state index < -0.39 is 22.4 Å². The Morgan fingerprint density at radius 3 is 2.21 bits per heavy atom. The highest BCUT2D eigenvalue weighted by molar-refractivity contribution is 7.87. The van der Waals surface area contributed by atoms with E-state index in [1.165, 1.54) is 31.2 Å². The molecule has 0 fully saturated rings. The van der Waals surface area contributed by atoms with Crippen LogP contribution < -0.4 is 10.0 Å². The SMILES string of the molecule is CNC(=O)[C@H](Cc1ccc(NS(=O)(=O)O)cc1)N(Cc1ccccc1)C(=O)OC. The van der Waals surface area contributed by atoms with E-state index in [0.29, 0.717) is 5.56 Å². The number of rotatable bonds is 8. The zero-order valence-electron chi connectivity index (χ0n) is 16.0. The van der Waals surface area contributed by atoms with Gasteiger partial charge in [-0.3, -0.25) is 19.0 Å². The summed E-state index contributed by atoms with van der Waals surface area (Å²) in [6.45, 7) is 0.175. The average Bonchev–Trinajstić information content (AvgIpc) is 2.70. The Balaban J connectivity index is 2.28. The quantitative estimate of drug-likeness (QED) is 0.559. The molecule has 0 unspecified atom stereocenters. The Bertz CT molecular complexity index is 932. The largest absolute Gasteiger partial charge is 0.453 e. The van der Waals surface area contributed by atoms with Crippen molar-refractivity contribution in [2.75, 3.05) is 18.9 Å². The molecule has 0 aliphatic carbocycles. The van der Waals surface area contributed by atoms with Gasteiger partial charge in [0.1, 0.15) is 6.04 Å². The highest BCUT2D eigenvalue weighted by Crippen LogP contribution is 2.17. The summed E-state index contributed by atoms with van der Waals surface area (Å²) in [6.07, 6.45) is -0.472. The normalized spacial score (nSPS) is 12.0. The van der Waals surface area contributed by atoms with E-state index >= 15 is 0 Å². The molecule has 10 heteroatoms. The molecule has 0 aliphatic rings. The molecule has 0 heterocycles. The molecule has 156 valence electrons. The number of amides is 2. The van der Waals surface area contributed by atoms with Gasteiger partial charge >= 0.3 is 16.4 Å². The number of anilines is 1. The lowest BCUT2D eigenvalue weighted by atomic mass is 10.0. The van der Waals surface area contributed by atoms with E-state index in [1.807, 2.05) is 35.1 Å².